The van der Waals surface area contributed by atoms with Crippen LogP contribution >= 0.6 is 0 Å². The number of nitrogen functional groups attached to an aromatic ring is 1. The highest BCUT2D eigenvalue weighted by Crippen LogP contribution is 2.34. The number of rotatable bonds is 5. The van der Waals surface area contributed by atoms with Gasteiger partial charge in [-0.15, -0.1) is 0 Å². The zero-order valence-electron chi connectivity index (χ0n) is 11.2. The number of nitrogens with zero attached hydrogens (tertiary/aromatic N) is 1. The second-order valence-electron chi connectivity index (χ2n) is 4.40. The standard InChI is InChI=1S/C15H16N2O3/c1-20-10-9-11-5-4-7-13(15(11)16)12-6-2-3-8-14(12)17(18)19/h2-8H,9-10,16H2,1H3. The molecule has 0 unspecified atom stereocenters. The molecular weight excluding hydrogens is 256 g/mol. The molecule has 0 bridgehead atoms. The highest BCUT2D eigenvalue weighted by molar-refractivity contribution is 5.83. The smallest absolute Gasteiger partial charge is 0.277 e. The van der Waals surface area contributed by atoms with Gasteiger partial charge in [-0.25, -0.2) is 0 Å². The average Bonchev–Trinajstić information content (AvgIpc) is 2.46. The van der Waals surface area contributed by atoms with Gasteiger partial charge in [-0.05, 0) is 18.1 Å². The van der Waals surface area contributed by atoms with Crippen molar-refractivity contribution in [3.05, 3.63) is 58.1 Å². The van der Waals surface area contributed by atoms with E-state index < -0.39 is 4.92 Å². The van der Waals surface area contributed by atoms with E-state index in [0.29, 0.717) is 29.8 Å². The molecule has 5 heteroatoms. The number of hydrogen-bond donors (Lipinski definition) is 1. The lowest BCUT2D eigenvalue weighted by Gasteiger charge is -2.11. The molecule has 0 aliphatic rings. The molecule has 2 aromatic rings. The first-order valence-corrected chi connectivity index (χ1v) is 6.25. The van der Waals surface area contributed by atoms with E-state index in [4.69, 9.17) is 10.5 Å². The predicted octanol–water partition coefficient (Wildman–Crippen LogP) is 3.03. The molecule has 20 heavy (non-hydrogen) atoms. The molecule has 104 valence electrons. The van der Waals surface area contributed by atoms with Crippen molar-refractivity contribution in [2.45, 2.75) is 6.42 Å². The van der Waals surface area contributed by atoms with Crippen molar-refractivity contribution >= 4 is 11.4 Å². The number of ether oxygens (including phenoxy) is 1. The lowest BCUT2D eigenvalue weighted by molar-refractivity contribution is -0.384. The second kappa shape index (κ2) is 6.16. The summed E-state index contributed by atoms with van der Waals surface area (Å²) in [6, 6.07) is 12.2. The Balaban J connectivity index is 2.51. The van der Waals surface area contributed by atoms with Crippen molar-refractivity contribution in [3.8, 4) is 11.1 Å². The topological polar surface area (TPSA) is 78.4 Å². The first-order valence-electron chi connectivity index (χ1n) is 6.25. The largest absolute Gasteiger partial charge is 0.398 e. The molecule has 0 atom stereocenters. The van der Waals surface area contributed by atoms with Crippen LogP contribution in [0.25, 0.3) is 11.1 Å². The third-order valence-electron chi connectivity index (χ3n) is 3.16. The van der Waals surface area contributed by atoms with Crippen LogP contribution in [0.2, 0.25) is 0 Å². The van der Waals surface area contributed by atoms with Crippen molar-refractivity contribution in [3.63, 3.8) is 0 Å². The van der Waals surface area contributed by atoms with E-state index in [2.05, 4.69) is 0 Å². The average molecular weight is 272 g/mol. The van der Waals surface area contributed by atoms with Crippen molar-refractivity contribution < 1.29 is 9.66 Å². The maximum Gasteiger partial charge on any atom is 0.277 e. The Morgan fingerprint density at radius 3 is 2.55 bits per heavy atom. The number of nitrogens with two attached hydrogens (primary N) is 1. The highest BCUT2D eigenvalue weighted by atomic mass is 16.6. The van der Waals surface area contributed by atoms with Gasteiger partial charge in [-0.3, -0.25) is 10.1 Å². The Labute approximate surface area is 117 Å². The van der Waals surface area contributed by atoms with Crippen LogP contribution in [-0.4, -0.2) is 18.6 Å². The highest BCUT2D eigenvalue weighted by Gasteiger charge is 2.17. The third-order valence-corrected chi connectivity index (χ3v) is 3.16. The van der Waals surface area contributed by atoms with Crippen LogP contribution in [0.4, 0.5) is 11.4 Å². The van der Waals surface area contributed by atoms with Crippen LogP contribution in [0.15, 0.2) is 42.5 Å². The van der Waals surface area contributed by atoms with Crippen molar-refractivity contribution in [2.24, 2.45) is 0 Å². The zero-order chi connectivity index (χ0) is 14.5. The van der Waals surface area contributed by atoms with Gasteiger partial charge in [-0.2, -0.15) is 0 Å². The zero-order valence-corrected chi connectivity index (χ0v) is 11.2. The van der Waals surface area contributed by atoms with Crippen LogP contribution in [0.5, 0.6) is 0 Å². The minimum absolute atomic E-state index is 0.0584. The molecular formula is C15H16N2O3. The van der Waals surface area contributed by atoms with Crippen LogP contribution in [0.3, 0.4) is 0 Å². The SMILES string of the molecule is COCCc1cccc(-c2ccccc2[N+](=O)[O-])c1N. The van der Waals surface area contributed by atoms with E-state index >= 15 is 0 Å². The summed E-state index contributed by atoms with van der Waals surface area (Å²) in [5, 5.41) is 11.1. The van der Waals surface area contributed by atoms with Crippen LogP contribution in [-0.2, 0) is 11.2 Å². The fourth-order valence-electron chi connectivity index (χ4n) is 2.14. The van der Waals surface area contributed by atoms with E-state index in [1.807, 2.05) is 12.1 Å². The first-order chi connectivity index (χ1) is 9.65. The molecule has 0 heterocycles. The minimum Gasteiger partial charge on any atom is -0.398 e. The molecule has 0 aliphatic carbocycles. The number of para-hydroxylation sites is 2. The van der Waals surface area contributed by atoms with Crippen LogP contribution in [0, 0.1) is 10.1 Å². The third kappa shape index (κ3) is 2.78. The Hall–Kier alpha value is -2.40. The summed E-state index contributed by atoms with van der Waals surface area (Å²) >= 11 is 0. The maximum absolute atomic E-state index is 11.1. The molecule has 2 aromatic carbocycles. The number of nitro groups is 1. The Kier molecular flexibility index (Phi) is 4.32. The summed E-state index contributed by atoms with van der Waals surface area (Å²) in [4.78, 5) is 10.7. The van der Waals surface area contributed by atoms with Crippen molar-refractivity contribution in [1.82, 2.24) is 0 Å². The van der Waals surface area contributed by atoms with E-state index in [9.17, 15) is 10.1 Å². The lowest BCUT2D eigenvalue weighted by Crippen LogP contribution is -2.02. The Morgan fingerprint density at radius 1 is 1.15 bits per heavy atom. The van der Waals surface area contributed by atoms with Gasteiger partial charge in [0.15, 0.2) is 0 Å². The Bertz CT molecular complexity index is 626. The van der Waals surface area contributed by atoms with Gasteiger partial charge in [0, 0.05) is 24.4 Å². The van der Waals surface area contributed by atoms with Gasteiger partial charge < -0.3 is 10.5 Å². The van der Waals surface area contributed by atoms with Gasteiger partial charge in [0.25, 0.3) is 5.69 Å². The normalized spacial score (nSPS) is 10.4. The molecule has 0 fully saturated rings. The van der Waals surface area contributed by atoms with Gasteiger partial charge in [-0.1, -0.05) is 30.3 Å². The molecule has 0 radical (unpaired) electrons. The summed E-state index contributed by atoms with van der Waals surface area (Å²) in [6.45, 7) is 0.560. The number of hydrogen-bond acceptors (Lipinski definition) is 4. The monoisotopic (exact) mass is 272 g/mol. The lowest BCUT2D eigenvalue weighted by atomic mass is 9.98. The fraction of sp³-hybridized carbons (Fsp3) is 0.200. The summed E-state index contributed by atoms with van der Waals surface area (Å²) in [5.74, 6) is 0. The quantitative estimate of drug-likeness (QED) is 0.515. The summed E-state index contributed by atoms with van der Waals surface area (Å²) < 4.78 is 5.04. The van der Waals surface area contributed by atoms with Gasteiger partial charge in [0.1, 0.15) is 0 Å². The molecule has 2 rings (SSSR count). The fourth-order valence-corrected chi connectivity index (χ4v) is 2.14. The van der Waals surface area contributed by atoms with Crippen LogP contribution in [0.1, 0.15) is 5.56 Å². The van der Waals surface area contributed by atoms with E-state index in [-0.39, 0.29) is 5.69 Å². The molecule has 0 aliphatic heterocycles. The predicted molar refractivity (Wildman–Crippen MR) is 78.5 cm³/mol. The van der Waals surface area contributed by atoms with Gasteiger partial charge in [0.05, 0.1) is 17.1 Å². The number of benzene rings is 2. The molecule has 0 aromatic heterocycles. The number of nitro benzene ring substituents is 1. The molecule has 0 saturated heterocycles. The summed E-state index contributed by atoms with van der Waals surface area (Å²) in [7, 11) is 1.63. The molecule has 5 nitrogen and oxygen atoms in total. The molecule has 0 saturated carbocycles. The van der Waals surface area contributed by atoms with E-state index in [0.717, 1.165) is 5.56 Å². The molecule has 0 spiro atoms. The van der Waals surface area contributed by atoms with Crippen molar-refractivity contribution in [1.29, 1.82) is 0 Å². The summed E-state index contributed by atoms with van der Waals surface area (Å²) in [5.41, 5.74) is 8.93. The Morgan fingerprint density at radius 2 is 1.85 bits per heavy atom. The number of anilines is 1. The second-order valence-corrected chi connectivity index (χ2v) is 4.40. The molecule has 2 N–H and O–H groups in total. The maximum atomic E-state index is 11.1. The summed E-state index contributed by atoms with van der Waals surface area (Å²) in [6.07, 6.45) is 0.677. The van der Waals surface area contributed by atoms with E-state index in [1.165, 1.54) is 6.07 Å². The molecule has 0 amide bonds. The number of methoxy groups -OCH3 is 1. The van der Waals surface area contributed by atoms with Gasteiger partial charge in [0.2, 0.25) is 0 Å². The van der Waals surface area contributed by atoms with Gasteiger partial charge >= 0.3 is 0 Å². The van der Waals surface area contributed by atoms with E-state index in [1.54, 1.807) is 31.4 Å². The minimum atomic E-state index is -0.392. The first kappa shape index (κ1) is 14.0. The van der Waals surface area contributed by atoms with Crippen LogP contribution < -0.4 is 5.73 Å². The van der Waals surface area contributed by atoms with Crippen molar-refractivity contribution in [2.75, 3.05) is 19.5 Å².